The van der Waals surface area contributed by atoms with Gasteiger partial charge in [0.2, 0.25) is 0 Å². The average molecular weight is 581 g/mol. The molecule has 13 heteroatoms. The number of piperazine rings is 1. The number of aryl methyl sites for hydroxylation is 1. The normalized spacial score (nSPS) is 13.4. The number of anilines is 2. The average Bonchev–Trinajstić information content (AvgIpc) is 2.98. The second-order valence-corrected chi connectivity index (χ2v) is 9.59. The Labute approximate surface area is 243 Å². The number of amides is 1. The van der Waals surface area contributed by atoms with Crippen LogP contribution in [0.15, 0.2) is 65.7 Å². The van der Waals surface area contributed by atoms with Crippen molar-refractivity contribution < 1.29 is 34.3 Å². The predicted octanol–water partition coefficient (Wildman–Crippen LogP) is 0.472. The Bertz CT molecular complexity index is 1370. The number of benzene rings is 1. The van der Waals surface area contributed by atoms with Crippen LogP contribution >= 0.6 is 0 Å². The Kier molecular flexibility index (Phi) is 11.8. The highest BCUT2D eigenvalue weighted by molar-refractivity contribution is 5.79. The van der Waals surface area contributed by atoms with E-state index in [0.29, 0.717) is 25.3 Å². The molecule has 1 saturated heterocycles. The van der Waals surface area contributed by atoms with Crippen molar-refractivity contribution in [1.29, 1.82) is 0 Å². The lowest BCUT2D eigenvalue weighted by Crippen LogP contribution is -2.49. The van der Waals surface area contributed by atoms with Gasteiger partial charge in [0.05, 0.1) is 25.8 Å². The molecule has 1 aliphatic heterocycles. The molecule has 3 N–H and O–H groups in total. The van der Waals surface area contributed by atoms with E-state index in [9.17, 15) is 19.5 Å². The summed E-state index contributed by atoms with van der Waals surface area (Å²) >= 11 is 0. The Morgan fingerprint density at radius 2 is 1.71 bits per heavy atom. The molecule has 13 nitrogen and oxygen atoms in total. The second-order valence-electron chi connectivity index (χ2n) is 9.59. The summed E-state index contributed by atoms with van der Waals surface area (Å²) in [5.41, 5.74) is 1.07. The molecule has 0 radical (unpaired) electrons. The maximum atomic E-state index is 13.0. The monoisotopic (exact) mass is 580 g/mol. The van der Waals surface area contributed by atoms with Gasteiger partial charge in [-0.15, -0.1) is 0 Å². The zero-order valence-corrected chi connectivity index (χ0v) is 23.7. The van der Waals surface area contributed by atoms with Crippen molar-refractivity contribution in [3.63, 3.8) is 0 Å². The third kappa shape index (κ3) is 9.61. The molecule has 42 heavy (non-hydrogen) atoms. The Balaban J connectivity index is 0.00000114. The predicted molar refractivity (Wildman–Crippen MR) is 152 cm³/mol. The van der Waals surface area contributed by atoms with Crippen LogP contribution in [0.1, 0.15) is 31.4 Å². The quantitative estimate of drug-likeness (QED) is 0.343. The maximum absolute atomic E-state index is 13.0. The van der Waals surface area contributed by atoms with Crippen molar-refractivity contribution in [2.45, 2.75) is 45.9 Å². The van der Waals surface area contributed by atoms with Crippen LogP contribution in [0.25, 0.3) is 0 Å². The molecule has 1 aromatic carbocycles. The number of alkyl carbamates (subject to hydrolysis) is 1. The highest BCUT2D eigenvalue weighted by Crippen LogP contribution is 2.21. The molecule has 3 heterocycles. The van der Waals surface area contributed by atoms with Gasteiger partial charge in [-0.25, -0.2) is 19.4 Å². The number of hydrogen-bond donors (Lipinski definition) is 2. The van der Waals surface area contributed by atoms with Gasteiger partial charge in [0, 0.05) is 23.8 Å². The van der Waals surface area contributed by atoms with Crippen LogP contribution < -0.4 is 30.9 Å². The van der Waals surface area contributed by atoms with Crippen molar-refractivity contribution >= 4 is 29.7 Å². The van der Waals surface area contributed by atoms with E-state index in [1.165, 1.54) is 4.57 Å². The van der Waals surface area contributed by atoms with Gasteiger partial charge in [0.1, 0.15) is 31.6 Å². The van der Waals surface area contributed by atoms with Crippen molar-refractivity contribution in [2.75, 3.05) is 36.0 Å². The highest BCUT2D eigenvalue weighted by Gasteiger charge is 2.27. The summed E-state index contributed by atoms with van der Waals surface area (Å²) in [6.07, 6.45) is 4.20. The molecule has 0 saturated carbocycles. The fourth-order valence-corrected chi connectivity index (χ4v) is 4.41. The van der Waals surface area contributed by atoms with Gasteiger partial charge < -0.3 is 30.0 Å². The number of hydrogen-bond acceptors (Lipinski definition) is 9. The Morgan fingerprint density at radius 3 is 2.31 bits per heavy atom. The number of pyridine rings is 1. The highest BCUT2D eigenvalue weighted by atomic mass is 16.5. The van der Waals surface area contributed by atoms with Crippen LogP contribution in [0.5, 0.6) is 0 Å². The lowest BCUT2D eigenvalue weighted by molar-refractivity contribution is -0.364. The topological polar surface area (TPSA) is 171 Å². The molecular weight excluding hydrogens is 544 g/mol. The summed E-state index contributed by atoms with van der Waals surface area (Å²) < 4.78 is 6.40. The van der Waals surface area contributed by atoms with Crippen molar-refractivity contribution in [3.05, 3.63) is 82.5 Å². The fraction of sp³-hybridized carbons (Fsp3) is 0.379. The van der Waals surface area contributed by atoms with E-state index in [1.54, 1.807) is 18.3 Å². The van der Waals surface area contributed by atoms with Gasteiger partial charge in [0.15, 0.2) is 0 Å². The minimum atomic E-state index is -1.36. The standard InChI is InChI=1S/C27H32N6O5.C2H4O2/c1-2-8-21-17-33(18-22(25(34)35)29-27(37)38-19-20-9-4-3-5-10-20)26(36)30-24(21)32-15-13-31(14-16-32)23-11-6-7-12-28-23;1-2(3)4/h3-7,9-12,17,22H,2,8,13-16,18-19H2,1H3,(H,29,37)(H,34,35);1H3,(H,3,4)/t22-;/m0./s1. The maximum Gasteiger partial charge on any atom is 0.408 e. The number of carbonyl (C=O) groups excluding carboxylic acids is 2. The van der Waals surface area contributed by atoms with Crippen LogP contribution in [-0.2, 0) is 33.9 Å². The number of carbonyl (C=O) groups is 3. The van der Waals surface area contributed by atoms with E-state index >= 15 is 0 Å². The lowest BCUT2D eigenvalue weighted by Gasteiger charge is -2.33. The summed E-state index contributed by atoms with van der Waals surface area (Å²) in [6, 6.07) is 13.7. The number of aliphatic carboxylic acids is 2. The molecule has 0 aliphatic carbocycles. The minimum Gasteiger partial charge on any atom is -0.550 e. The van der Waals surface area contributed by atoms with Gasteiger partial charge in [0.25, 0.3) is 5.82 Å². The molecule has 1 fully saturated rings. The molecule has 0 unspecified atom stereocenters. The number of nitrogens with zero attached hydrogens (tertiary/aromatic N) is 4. The number of nitrogens with one attached hydrogen (secondary N) is 2. The number of carboxylic acids is 2. The first-order valence-corrected chi connectivity index (χ1v) is 13.6. The van der Waals surface area contributed by atoms with Crippen LogP contribution in [0.3, 0.4) is 0 Å². The summed E-state index contributed by atoms with van der Waals surface area (Å²) in [4.78, 5) is 57.9. The smallest absolute Gasteiger partial charge is 0.408 e. The molecule has 224 valence electrons. The van der Waals surface area contributed by atoms with E-state index in [1.807, 2.05) is 49.5 Å². The SMILES string of the molecule is CC(=O)[O-].CCCc1cn(C[C@H](NC(=O)OCc2ccccc2)C(=O)O)c(=O)nc1N1CCN(c2cccc[nH+]2)CC1. The number of H-pyrrole nitrogens is 1. The van der Waals surface area contributed by atoms with E-state index in [4.69, 9.17) is 14.6 Å². The van der Waals surface area contributed by atoms with Gasteiger partial charge in [-0.3, -0.25) is 9.47 Å². The Hall–Kier alpha value is -4.94. The van der Waals surface area contributed by atoms with Gasteiger partial charge in [-0.05, 0) is 25.0 Å². The van der Waals surface area contributed by atoms with E-state index < -0.39 is 29.8 Å². The first kappa shape index (κ1) is 31.6. The van der Waals surface area contributed by atoms with Crippen LogP contribution in [-0.4, -0.2) is 64.9 Å². The van der Waals surface area contributed by atoms with E-state index in [2.05, 4.69) is 25.1 Å². The fourth-order valence-electron chi connectivity index (χ4n) is 4.41. The number of aromatic amines is 1. The van der Waals surface area contributed by atoms with Crippen LogP contribution in [0, 0.1) is 0 Å². The summed E-state index contributed by atoms with van der Waals surface area (Å²) in [5, 5.41) is 20.9. The number of carboxylic acid groups (broad SMARTS) is 2. The van der Waals surface area contributed by atoms with E-state index in [-0.39, 0.29) is 13.2 Å². The zero-order chi connectivity index (χ0) is 30.5. The molecule has 3 aromatic rings. The number of ether oxygens (including phenoxy) is 1. The summed E-state index contributed by atoms with van der Waals surface area (Å²) in [5.74, 6) is -0.686. The molecular formula is C29H36N6O7. The second kappa shape index (κ2) is 15.7. The van der Waals surface area contributed by atoms with Crippen molar-refractivity contribution in [1.82, 2.24) is 14.9 Å². The van der Waals surface area contributed by atoms with Crippen LogP contribution in [0.2, 0.25) is 0 Å². The third-order valence-electron chi connectivity index (χ3n) is 6.36. The zero-order valence-electron chi connectivity index (χ0n) is 23.7. The van der Waals surface area contributed by atoms with Gasteiger partial charge in [-0.2, -0.15) is 4.98 Å². The summed E-state index contributed by atoms with van der Waals surface area (Å²) in [7, 11) is 0. The Morgan fingerprint density at radius 1 is 1.07 bits per heavy atom. The minimum absolute atomic E-state index is 0.00539. The largest absolute Gasteiger partial charge is 0.550 e. The first-order valence-electron chi connectivity index (χ1n) is 13.6. The lowest BCUT2D eigenvalue weighted by atomic mass is 10.1. The van der Waals surface area contributed by atoms with Crippen molar-refractivity contribution in [3.8, 4) is 0 Å². The molecule has 1 aliphatic rings. The first-order chi connectivity index (χ1) is 20.2. The van der Waals surface area contributed by atoms with E-state index in [0.717, 1.165) is 43.4 Å². The summed E-state index contributed by atoms with van der Waals surface area (Å²) in [6.45, 7) is 5.68. The van der Waals surface area contributed by atoms with Crippen LogP contribution in [0.4, 0.5) is 16.4 Å². The molecule has 1 atom stereocenters. The third-order valence-corrected chi connectivity index (χ3v) is 6.36. The molecule has 4 rings (SSSR count). The molecule has 0 spiro atoms. The molecule has 0 bridgehead atoms. The number of aromatic nitrogens is 3. The number of rotatable bonds is 10. The van der Waals surface area contributed by atoms with Crippen molar-refractivity contribution in [2.24, 2.45) is 0 Å². The van der Waals surface area contributed by atoms with Gasteiger partial charge in [-0.1, -0.05) is 49.7 Å². The molecule has 2 aromatic heterocycles. The van der Waals surface area contributed by atoms with Gasteiger partial charge >= 0.3 is 17.8 Å². The molecule has 1 amide bonds.